The van der Waals surface area contributed by atoms with Crippen molar-refractivity contribution in [2.24, 2.45) is 0 Å². The van der Waals surface area contributed by atoms with E-state index in [-0.39, 0.29) is 5.02 Å². The second-order valence-electron chi connectivity index (χ2n) is 4.81. The van der Waals surface area contributed by atoms with Gasteiger partial charge < -0.3 is 10.1 Å². The average Bonchev–Trinajstić information content (AvgIpc) is 2.42. The summed E-state index contributed by atoms with van der Waals surface area (Å²) in [5.41, 5.74) is 1.25. The molecule has 0 amide bonds. The smallest absolute Gasteiger partial charge is 0.148 e. The quantitative estimate of drug-likeness (QED) is 0.843. The average molecular weight is 278 g/mol. The monoisotopic (exact) mass is 277 g/mol. The number of nitrogens with one attached hydrogen (secondary N) is 1. The van der Waals surface area contributed by atoms with E-state index in [1.54, 1.807) is 6.07 Å². The SMILES string of the molecule is CC1(c2ccccc2)CNc2cc(Cl)c(F)cc2O1. The Balaban J connectivity index is 2.00. The molecule has 1 unspecified atom stereocenters. The van der Waals surface area contributed by atoms with E-state index in [2.05, 4.69) is 5.32 Å². The number of hydrogen-bond donors (Lipinski definition) is 1. The molecule has 0 fully saturated rings. The lowest BCUT2D eigenvalue weighted by molar-refractivity contribution is 0.0935. The number of fused-ring (bicyclic) bond motifs is 1. The van der Waals surface area contributed by atoms with E-state index in [9.17, 15) is 4.39 Å². The first-order chi connectivity index (χ1) is 9.08. The van der Waals surface area contributed by atoms with Gasteiger partial charge in [0.05, 0.1) is 17.3 Å². The summed E-state index contributed by atoms with van der Waals surface area (Å²) >= 11 is 5.76. The van der Waals surface area contributed by atoms with Crippen LogP contribution in [0.3, 0.4) is 0 Å². The Hall–Kier alpha value is -1.74. The molecule has 1 aliphatic rings. The molecule has 4 heteroatoms. The molecular weight excluding hydrogens is 265 g/mol. The van der Waals surface area contributed by atoms with Crippen LogP contribution in [0.4, 0.5) is 10.1 Å². The Labute approximate surface area is 116 Å². The summed E-state index contributed by atoms with van der Waals surface area (Å²) in [5, 5.41) is 3.34. The molecule has 1 aliphatic heterocycles. The lowest BCUT2D eigenvalue weighted by atomic mass is 9.94. The summed E-state index contributed by atoms with van der Waals surface area (Å²) in [6.07, 6.45) is 0. The van der Waals surface area contributed by atoms with E-state index < -0.39 is 11.4 Å². The molecule has 1 N–H and O–H groups in total. The number of halogens is 2. The highest BCUT2D eigenvalue weighted by atomic mass is 35.5. The highest BCUT2D eigenvalue weighted by molar-refractivity contribution is 6.31. The van der Waals surface area contributed by atoms with Crippen LogP contribution in [0.1, 0.15) is 12.5 Å². The first kappa shape index (κ1) is 12.3. The summed E-state index contributed by atoms with van der Waals surface area (Å²) in [7, 11) is 0. The third-order valence-corrected chi connectivity index (χ3v) is 3.65. The van der Waals surface area contributed by atoms with Gasteiger partial charge in [-0.2, -0.15) is 0 Å². The van der Waals surface area contributed by atoms with Crippen molar-refractivity contribution < 1.29 is 9.13 Å². The van der Waals surface area contributed by atoms with Crippen molar-refractivity contribution in [3.05, 3.63) is 58.9 Å². The summed E-state index contributed by atoms with van der Waals surface area (Å²) in [4.78, 5) is 0. The van der Waals surface area contributed by atoms with Crippen molar-refractivity contribution >= 4 is 17.3 Å². The van der Waals surface area contributed by atoms with Gasteiger partial charge in [0.2, 0.25) is 0 Å². The Morgan fingerprint density at radius 2 is 2.00 bits per heavy atom. The fourth-order valence-corrected chi connectivity index (χ4v) is 2.41. The fraction of sp³-hybridized carbons (Fsp3) is 0.200. The highest BCUT2D eigenvalue weighted by Crippen LogP contribution is 2.39. The van der Waals surface area contributed by atoms with Crippen LogP contribution in [-0.4, -0.2) is 6.54 Å². The molecule has 2 aromatic carbocycles. The number of benzene rings is 2. The normalized spacial score (nSPS) is 21.2. The van der Waals surface area contributed by atoms with Gasteiger partial charge in [0, 0.05) is 6.07 Å². The first-order valence-corrected chi connectivity index (χ1v) is 6.44. The van der Waals surface area contributed by atoms with E-state index >= 15 is 0 Å². The number of hydrogen-bond acceptors (Lipinski definition) is 2. The molecule has 1 heterocycles. The molecule has 0 bridgehead atoms. The van der Waals surface area contributed by atoms with Gasteiger partial charge in [-0.05, 0) is 18.6 Å². The number of anilines is 1. The van der Waals surface area contributed by atoms with Gasteiger partial charge in [-0.15, -0.1) is 0 Å². The molecule has 1 atom stereocenters. The van der Waals surface area contributed by atoms with Crippen LogP contribution in [0, 0.1) is 5.82 Å². The molecule has 3 rings (SSSR count). The van der Waals surface area contributed by atoms with Gasteiger partial charge in [-0.1, -0.05) is 41.9 Å². The molecule has 2 nitrogen and oxygen atoms in total. The predicted octanol–water partition coefficient (Wildman–Crippen LogP) is 4.20. The fourth-order valence-electron chi connectivity index (χ4n) is 2.25. The Kier molecular flexibility index (Phi) is 2.86. The van der Waals surface area contributed by atoms with Crippen molar-refractivity contribution in [3.8, 4) is 5.75 Å². The molecule has 0 aromatic heterocycles. The Bertz CT molecular complexity index is 617. The van der Waals surface area contributed by atoms with Crippen LogP contribution < -0.4 is 10.1 Å². The second kappa shape index (κ2) is 4.42. The topological polar surface area (TPSA) is 21.3 Å². The van der Waals surface area contributed by atoms with Crippen molar-refractivity contribution in [1.29, 1.82) is 0 Å². The second-order valence-corrected chi connectivity index (χ2v) is 5.22. The summed E-state index contributed by atoms with van der Waals surface area (Å²) in [6, 6.07) is 12.8. The van der Waals surface area contributed by atoms with Crippen LogP contribution in [0.5, 0.6) is 5.75 Å². The molecule has 2 aromatic rings. The largest absolute Gasteiger partial charge is 0.479 e. The number of ether oxygens (including phenoxy) is 1. The van der Waals surface area contributed by atoms with Gasteiger partial charge in [0.25, 0.3) is 0 Å². The van der Waals surface area contributed by atoms with Crippen molar-refractivity contribution in [2.45, 2.75) is 12.5 Å². The summed E-state index contributed by atoms with van der Waals surface area (Å²) in [6.45, 7) is 2.58. The maximum Gasteiger partial charge on any atom is 0.148 e. The molecule has 98 valence electrons. The van der Waals surface area contributed by atoms with E-state index in [0.717, 1.165) is 11.3 Å². The van der Waals surface area contributed by atoms with Gasteiger partial charge in [-0.3, -0.25) is 0 Å². The van der Waals surface area contributed by atoms with Gasteiger partial charge in [-0.25, -0.2) is 4.39 Å². The molecule has 19 heavy (non-hydrogen) atoms. The molecule has 0 aliphatic carbocycles. The molecule has 0 spiro atoms. The van der Waals surface area contributed by atoms with E-state index in [0.29, 0.717) is 12.3 Å². The lowest BCUT2D eigenvalue weighted by Gasteiger charge is -2.37. The third-order valence-electron chi connectivity index (χ3n) is 3.36. The van der Waals surface area contributed by atoms with Crippen molar-refractivity contribution in [2.75, 3.05) is 11.9 Å². The maximum atomic E-state index is 13.5. The molecule has 0 saturated carbocycles. The Morgan fingerprint density at radius 3 is 2.74 bits per heavy atom. The van der Waals surface area contributed by atoms with Gasteiger partial charge in [0.1, 0.15) is 17.2 Å². The predicted molar refractivity (Wildman–Crippen MR) is 74.3 cm³/mol. The van der Waals surface area contributed by atoms with Crippen molar-refractivity contribution in [1.82, 2.24) is 0 Å². The van der Waals surface area contributed by atoms with Crippen LogP contribution in [0.15, 0.2) is 42.5 Å². The zero-order valence-corrected chi connectivity index (χ0v) is 11.2. The molecule has 0 saturated heterocycles. The third kappa shape index (κ3) is 2.15. The number of rotatable bonds is 1. The molecule has 0 radical (unpaired) electrons. The van der Waals surface area contributed by atoms with E-state index in [1.807, 2.05) is 37.3 Å². The van der Waals surface area contributed by atoms with E-state index in [1.165, 1.54) is 6.07 Å². The van der Waals surface area contributed by atoms with E-state index in [4.69, 9.17) is 16.3 Å². The standard InChI is InChI=1S/C15H13ClFNO/c1-15(10-5-3-2-4-6-10)9-18-13-7-11(16)12(17)8-14(13)19-15/h2-8,18H,9H2,1H3. The van der Waals surface area contributed by atoms with Gasteiger partial charge >= 0.3 is 0 Å². The minimum atomic E-state index is -0.519. The molecular formula is C15H13ClFNO. The summed E-state index contributed by atoms with van der Waals surface area (Å²) in [5.74, 6) is 0.0130. The van der Waals surface area contributed by atoms with Crippen molar-refractivity contribution in [3.63, 3.8) is 0 Å². The Morgan fingerprint density at radius 1 is 1.26 bits per heavy atom. The lowest BCUT2D eigenvalue weighted by Crippen LogP contribution is -2.40. The van der Waals surface area contributed by atoms with Gasteiger partial charge in [0.15, 0.2) is 0 Å². The first-order valence-electron chi connectivity index (χ1n) is 6.06. The van der Waals surface area contributed by atoms with Crippen LogP contribution in [0.25, 0.3) is 0 Å². The summed E-state index contributed by atoms with van der Waals surface area (Å²) < 4.78 is 19.5. The zero-order chi connectivity index (χ0) is 13.5. The van der Waals surface area contributed by atoms with Crippen LogP contribution in [-0.2, 0) is 5.60 Å². The minimum absolute atomic E-state index is 0.0955. The highest BCUT2D eigenvalue weighted by Gasteiger charge is 2.33. The maximum absolute atomic E-state index is 13.5. The minimum Gasteiger partial charge on any atom is -0.479 e. The zero-order valence-electron chi connectivity index (χ0n) is 10.4. The van der Waals surface area contributed by atoms with Crippen LogP contribution in [0.2, 0.25) is 5.02 Å². The van der Waals surface area contributed by atoms with Crippen LogP contribution >= 0.6 is 11.6 Å².